The number of ether oxygens (including phenoxy) is 2. The summed E-state index contributed by atoms with van der Waals surface area (Å²) < 4.78 is 10.0. The Bertz CT molecular complexity index is 295. The summed E-state index contributed by atoms with van der Waals surface area (Å²) in [6.07, 6.45) is 3.37. The van der Waals surface area contributed by atoms with Crippen LogP contribution in [0.25, 0.3) is 6.08 Å². The van der Waals surface area contributed by atoms with E-state index in [-0.39, 0.29) is 0 Å². The first kappa shape index (κ1) is 12.9. The predicted octanol–water partition coefficient (Wildman–Crippen LogP) is 1.72. The Balaban J connectivity index is 2.14. The van der Waals surface area contributed by atoms with Gasteiger partial charge in [0, 0.05) is 7.11 Å². The maximum Gasteiger partial charge on any atom is 0.101 e. The number of aliphatic hydroxyl groups is 1. The zero-order valence-corrected chi connectivity index (χ0v) is 9.50. The van der Waals surface area contributed by atoms with E-state index in [1.54, 1.807) is 7.11 Å². The number of hydrogen-bond acceptors (Lipinski definition) is 3. The van der Waals surface area contributed by atoms with Crippen molar-refractivity contribution in [2.45, 2.75) is 6.10 Å². The average Bonchev–Trinajstić information content (AvgIpc) is 2.30. The van der Waals surface area contributed by atoms with E-state index in [1.165, 1.54) is 0 Å². The highest BCUT2D eigenvalue weighted by molar-refractivity contribution is 5.48. The summed E-state index contributed by atoms with van der Waals surface area (Å²) in [4.78, 5) is 0. The van der Waals surface area contributed by atoms with Gasteiger partial charge in [0.1, 0.15) is 6.10 Å². The summed E-state index contributed by atoms with van der Waals surface area (Å²) in [5.41, 5.74) is 1.14. The zero-order chi connectivity index (χ0) is 11.6. The van der Waals surface area contributed by atoms with Gasteiger partial charge in [-0.2, -0.15) is 0 Å². The molecule has 3 nitrogen and oxygen atoms in total. The Morgan fingerprint density at radius 1 is 1.25 bits per heavy atom. The second-order valence-electron chi connectivity index (χ2n) is 3.46. The Hall–Kier alpha value is -1.16. The molecule has 1 N–H and O–H groups in total. The lowest BCUT2D eigenvalue weighted by Gasteiger charge is -2.08. The SMILES string of the molecule is COCC(O)COC/C=C/c1ccccc1. The third-order valence-electron chi connectivity index (χ3n) is 1.99. The summed E-state index contributed by atoms with van der Waals surface area (Å²) in [6, 6.07) is 10.0. The Morgan fingerprint density at radius 3 is 2.69 bits per heavy atom. The first-order chi connectivity index (χ1) is 7.83. The minimum Gasteiger partial charge on any atom is -0.388 e. The van der Waals surface area contributed by atoms with E-state index in [0.29, 0.717) is 19.8 Å². The van der Waals surface area contributed by atoms with Crippen LogP contribution >= 0.6 is 0 Å². The van der Waals surface area contributed by atoms with Gasteiger partial charge in [0.05, 0.1) is 19.8 Å². The van der Waals surface area contributed by atoms with Crippen LogP contribution in [0.5, 0.6) is 0 Å². The van der Waals surface area contributed by atoms with E-state index in [9.17, 15) is 5.11 Å². The fourth-order valence-electron chi connectivity index (χ4n) is 1.26. The maximum atomic E-state index is 9.29. The molecule has 0 aliphatic carbocycles. The van der Waals surface area contributed by atoms with Crippen molar-refractivity contribution >= 4 is 6.08 Å². The van der Waals surface area contributed by atoms with Gasteiger partial charge in [-0.05, 0) is 5.56 Å². The first-order valence-electron chi connectivity index (χ1n) is 5.29. The molecule has 0 bridgehead atoms. The van der Waals surface area contributed by atoms with Gasteiger partial charge < -0.3 is 14.6 Å². The molecule has 1 aromatic rings. The van der Waals surface area contributed by atoms with Crippen molar-refractivity contribution in [2.75, 3.05) is 26.9 Å². The van der Waals surface area contributed by atoms with E-state index >= 15 is 0 Å². The highest BCUT2D eigenvalue weighted by atomic mass is 16.5. The molecule has 1 rings (SSSR count). The molecule has 3 heteroatoms. The predicted molar refractivity (Wildman–Crippen MR) is 64.2 cm³/mol. The van der Waals surface area contributed by atoms with Gasteiger partial charge in [-0.15, -0.1) is 0 Å². The Morgan fingerprint density at radius 2 is 2.00 bits per heavy atom. The van der Waals surface area contributed by atoms with Gasteiger partial charge in [-0.3, -0.25) is 0 Å². The van der Waals surface area contributed by atoms with E-state index in [1.807, 2.05) is 42.5 Å². The first-order valence-corrected chi connectivity index (χ1v) is 5.29. The quantitative estimate of drug-likeness (QED) is 0.714. The van der Waals surface area contributed by atoms with Crippen LogP contribution in [0.15, 0.2) is 36.4 Å². The number of benzene rings is 1. The summed E-state index contributed by atoms with van der Waals surface area (Å²) in [7, 11) is 1.55. The molecule has 0 saturated carbocycles. The largest absolute Gasteiger partial charge is 0.388 e. The van der Waals surface area contributed by atoms with Gasteiger partial charge >= 0.3 is 0 Å². The summed E-state index contributed by atoms with van der Waals surface area (Å²) in [6.45, 7) is 1.10. The average molecular weight is 222 g/mol. The van der Waals surface area contributed by atoms with E-state index in [4.69, 9.17) is 9.47 Å². The number of rotatable bonds is 7. The molecular formula is C13H18O3. The molecule has 0 aliphatic rings. The molecule has 0 spiro atoms. The van der Waals surface area contributed by atoms with Crippen molar-refractivity contribution in [1.82, 2.24) is 0 Å². The molecule has 1 atom stereocenters. The van der Waals surface area contributed by atoms with Crippen molar-refractivity contribution < 1.29 is 14.6 Å². The van der Waals surface area contributed by atoms with Gasteiger partial charge in [0.2, 0.25) is 0 Å². The van der Waals surface area contributed by atoms with Crippen molar-refractivity contribution in [1.29, 1.82) is 0 Å². The lowest BCUT2D eigenvalue weighted by Crippen LogP contribution is -2.20. The molecule has 0 heterocycles. The number of hydrogen-bond donors (Lipinski definition) is 1. The molecule has 0 aromatic heterocycles. The molecule has 0 fully saturated rings. The lowest BCUT2D eigenvalue weighted by atomic mass is 10.2. The number of aliphatic hydroxyl groups excluding tert-OH is 1. The Labute approximate surface area is 96.3 Å². The maximum absolute atomic E-state index is 9.29. The second-order valence-corrected chi connectivity index (χ2v) is 3.46. The van der Waals surface area contributed by atoms with E-state index in [0.717, 1.165) is 5.56 Å². The van der Waals surface area contributed by atoms with E-state index < -0.39 is 6.10 Å². The number of methoxy groups -OCH3 is 1. The standard InChI is InChI=1S/C13H18O3/c1-15-10-13(14)11-16-9-5-8-12-6-3-2-4-7-12/h2-8,13-14H,9-11H2,1H3/b8-5+. The monoisotopic (exact) mass is 222 g/mol. The summed E-state index contributed by atoms with van der Waals surface area (Å²) in [5, 5.41) is 9.29. The molecule has 1 aromatic carbocycles. The van der Waals surface area contributed by atoms with Gasteiger partial charge in [0.25, 0.3) is 0 Å². The fourth-order valence-corrected chi connectivity index (χ4v) is 1.26. The van der Waals surface area contributed by atoms with Crippen molar-refractivity contribution in [3.05, 3.63) is 42.0 Å². The molecule has 0 saturated heterocycles. The Kier molecular flexibility index (Phi) is 6.49. The van der Waals surface area contributed by atoms with Crippen LogP contribution in [-0.4, -0.2) is 38.1 Å². The van der Waals surface area contributed by atoms with Crippen LogP contribution in [-0.2, 0) is 9.47 Å². The van der Waals surface area contributed by atoms with Crippen LogP contribution < -0.4 is 0 Å². The highest BCUT2D eigenvalue weighted by Gasteiger charge is 2.01. The van der Waals surface area contributed by atoms with Crippen LogP contribution in [0.1, 0.15) is 5.56 Å². The zero-order valence-electron chi connectivity index (χ0n) is 9.50. The van der Waals surface area contributed by atoms with Gasteiger partial charge in [-0.25, -0.2) is 0 Å². The fraction of sp³-hybridized carbons (Fsp3) is 0.385. The van der Waals surface area contributed by atoms with Crippen LogP contribution in [0.2, 0.25) is 0 Å². The minimum atomic E-state index is -0.546. The summed E-state index contributed by atoms with van der Waals surface area (Å²) in [5.74, 6) is 0. The smallest absolute Gasteiger partial charge is 0.101 e. The second kappa shape index (κ2) is 8.05. The minimum absolute atomic E-state index is 0.299. The van der Waals surface area contributed by atoms with Gasteiger partial charge in [-0.1, -0.05) is 42.5 Å². The molecule has 1 unspecified atom stereocenters. The van der Waals surface area contributed by atoms with Crippen molar-refractivity contribution in [3.8, 4) is 0 Å². The van der Waals surface area contributed by atoms with E-state index in [2.05, 4.69) is 0 Å². The van der Waals surface area contributed by atoms with Crippen LogP contribution in [0.3, 0.4) is 0 Å². The van der Waals surface area contributed by atoms with Gasteiger partial charge in [0.15, 0.2) is 0 Å². The molecule has 0 amide bonds. The molecule has 0 radical (unpaired) electrons. The lowest BCUT2D eigenvalue weighted by molar-refractivity contribution is 0.00126. The third-order valence-corrected chi connectivity index (χ3v) is 1.99. The molecule has 16 heavy (non-hydrogen) atoms. The van der Waals surface area contributed by atoms with Crippen molar-refractivity contribution in [3.63, 3.8) is 0 Å². The normalized spacial score (nSPS) is 13.1. The van der Waals surface area contributed by atoms with Crippen molar-refractivity contribution in [2.24, 2.45) is 0 Å². The van der Waals surface area contributed by atoms with Crippen LogP contribution in [0.4, 0.5) is 0 Å². The molecular weight excluding hydrogens is 204 g/mol. The molecule has 88 valence electrons. The summed E-state index contributed by atoms with van der Waals surface area (Å²) >= 11 is 0. The topological polar surface area (TPSA) is 38.7 Å². The van der Waals surface area contributed by atoms with Crippen LogP contribution in [0, 0.1) is 0 Å². The molecule has 0 aliphatic heterocycles. The highest BCUT2D eigenvalue weighted by Crippen LogP contribution is 2.00. The third kappa shape index (κ3) is 5.66.